The predicted octanol–water partition coefficient (Wildman–Crippen LogP) is 9.47. The molecule has 0 saturated heterocycles. The van der Waals surface area contributed by atoms with E-state index in [1.807, 2.05) is 0 Å². The van der Waals surface area contributed by atoms with Crippen molar-refractivity contribution in [3.63, 3.8) is 0 Å². The molecule has 0 radical (unpaired) electrons. The standard InChI is InChI=1S/C35H35N/c1-33(2)20-19-30-28-21-23(16-18-32(28)36(35(30,33)5)25-11-7-6-8-12-25)24-15-17-27-26-13-9-10-14-29(26)34(3,4)31(27)22-24/h6-18,21-22,30H,19-20H2,1-5H3. The highest BCUT2D eigenvalue weighted by Crippen LogP contribution is 2.65. The van der Waals surface area contributed by atoms with Crippen LogP contribution in [0.1, 0.15) is 70.1 Å². The van der Waals surface area contributed by atoms with Crippen LogP contribution in [-0.4, -0.2) is 5.54 Å². The fourth-order valence-electron chi connectivity index (χ4n) is 7.76. The lowest BCUT2D eigenvalue weighted by Gasteiger charge is -2.47. The van der Waals surface area contributed by atoms with Crippen molar-refractivity contribution in [3.05, 3.63) is 108 Å². The highest BCUT2D eigenvalue weighted by atomic mass is 15.3. The fourth-order valence-corrected chi connectivity index (χ4v) is 7.76. The van der Waals surface area contributed by atoms with Crippen LogP contribution in [0, 0.1) is 5.41 Å². The van der Waals surface area contributed by atoms with Crippen molar-refractivity contribution >= 4 is 11.4 Å². The third kappa shape index (κ3) is 2.67. The molecule has 0 amide bonds. The van der Waals surface area contributed by atoms with E-state index in [1.54, 1.807) is 0 Å². The van der Waals surface area contributed by atoms with Gasteiger partial charge in [0, 0.05) is 22.7 Å². The molecule has 0 bridgehead atoms. The Morgan fingerprint density at radius 3 is 2.14 bits per heavy atom. The zero-order valence-electron chi connectivity index (χ0n) is 22.1. The second-order valence-corrected chi connectivity index (χ2v) is 12.5. The van der Waals surface area contributed by atoms with Crippen LogP contribution >= 0.6 is 0 Å². The molecule has 4 aromatic rings. The number of para-hydroxylation sites is 1. The van der Waals surface area contributed by atoms with Crippen molar-refractivity contribution in [1.82, 2.24) is 0 Å². The number of nitrogens with zero attached hydrogens (tertiary/aromatic N) is 1. The average molecular weight is 470 g/mol. The molecule has 1 heteroatoms. The van der Waals surface area contributed by atoms with Gasteiger partial charge >= 0.3 is 0 Å². The molecule has 1 fully saturated rings. The summed E-state index contributed by atoms with van der Waals surface area (Å²) in [6.45, 7) is 12.2. The molecule has 1 saturated carbocycles. The summed E-state index contributed by atoms with van der Waals surface area (Å²) in [5, 5.41) is 0. The van der Waals surface area contributed by atoms with Crippen molar-refractivity contribution in [2.24, 2.45) is 5.41 Å². The normalized spacial score (nSPS) is 24.2. The maximum Gasteiger partial charge on any atom is 0.0543 e. The molecular weight excluding hydrogens is 434 g/mol. The molecule has 4 aromatic carbocycles. The second-order valence-electron chi connectivity index (χ2n) is 12.5. The van der Waals surface area contributed by atoms with Gasteiger partial charge in [0.1, 0.15) is 0 Å². The molecule has 0 N–H and O–H groups in total. The molecule has 2 aliphatic carbocycles. The Labute approximate surface area is 215 Å². The highest BCUT2D eigenvalue weighted by molar-refractivity contribution is 5.85. The summed E-state index contributed by atoms with van der Waals surface area (Å²) in [4.78, 5) is 2.66. The van der Waals surface area contributed by atoms with Crippen LogP contribution in [0.5, 0.6) is 0 Å². The summed E-state index contributed by atoms with van der Waals surface area (Å²) < 4.78 is 0. The van der Waals surface area contributed by atoms with Gasteiger partial charge < -0.3 is 4.90 Å². The van der Waals surface area contributed by atoms with Crippen LogP contribution in [0.4, 0.5) is 11.4 Å². The molecule has 0 aromatic heterocycles. The van der Waals surface area contributed by atoms with Gasteiger partial charge in [-0.1, -0.05) is 88.4 Å². The number of hydrogen-bond acceptors (Lipinski definition) is 1. The van der Waals surface area contributed by atoms with E-state index < -0.39 is 0 Å². The van der Waals surface area contributed by atoms with Crippen molar-refractivity contribution in [2.75, 3.05) is 4.90 Å². The largest absolute Gasteiger partial charge is 0.334 e. The first kappa shape index (κ1) is 21.9. The Bertz CT molecular complexity index is 1510. The lowest BCUT2D eigenvalue weighted by atomic mass is 9.72. The molecule has 2 unspecified atom stereocenters. The smallest absolute Gasteiger partial charge is 0.0543 e. The van der Waals surface area contributed by atoms with Crippen molar-refractivity contribution in [1.29, 1.82) is 0 Å². The van der Waals surface area contributed by atoms with Gasteiger partial charge in [-0.15, -0.1) is 0 Å². The number of hydrogen-bond donors (Lipinski definition) is 0. The van der Waals surface area contributed by atoms with E-state index in [0.29, 0.717) is 5.92 Å². The van der Waals surface area contributed by atoms with Gasteiger partial charge in [-0.3, -0.25) is 0 Å². The SMILES string of the molecule is CC1(C)c2ccccc2-c2ccc(-c3ccc4c(c3)C3CCC(C)(C)C3(C)N4c3ccccc3)cc21. The van der Waals surface area contributed by atoms with Crippen LogP contribution in [0.2, 0.25) is 0 Å². The summed E-state index contributed by atoms with van der Waals surface area (Å²) in [6, 6.07) is 34.3. The van der Waals surface area contributed by atoms with E-state index in [2.05, 4.69) is 131 Å². The van der Waals surface area contributed by atoms with E-state index in [1.165, 1.54) is 63.2 Å². The minimum atomic E-state index is 0.0246. The third-order valence-corrected chi connectivity index (χ3v) is 10.1. The maximum absolute atomic E-state index is 2.66. The van der Waals surface area contributed by atoms with E-state index in [9.17, 15) is 0 Å². The Hall–Kier alpha value is -3.32. The molecular formula is C35H35N. The first-order chi connectivity index (χ1) is 17.2. The van der Waals surface area contributed by atoms with Gasteiger partial charge in [0.05, 0.1) is 5.54 Å². The Morgan fingerprint density at radius 2 is 1.33 bits per heavy atom. The second kappa shape index (κ2) is 7.13. The Morgan fingerprint density at radius 1 is 0.667 bits per heavy atom. The number of anilines is 2. The summed E-state index contributed by atoms with van der Waals surface area (Å²) in [6.07, 6.45) is 2.50. The van der Waals surface area contributed by atoms with Crippen LogP contribution in [0.3, 0.4) is 0 Å². The molecule has 2 atom stereocenters. The minimum Gasteiger partial charge on any atom is -0.334 e. The maximum atomic E-state index is 2.66. The van der Waals surface area contributed by atoms with Crippen molar-refractivity contribution in [2.45, 2.75) is 64.3 Å². The summed E-state index contributed by atoms with van der Waals surface area (Å²) in [5.74, 6) is 0.540. The lowest BCUT2D eigenvalue weighted by Crippen LogP contribution is -2.50. The van der Waals surface area contributed by atoms with Crippen LogP contribution in [0.25, 0.3) is 22.3 Å². The van der Waals surface area contributed by atoms with Gasteiger partial charge in [-0.05, 0) is 94.5 Å². The van der Waals surface area contributed by atoms with Crippen LogP contribution < -0.4 is 4.90 Å². The number of fused-ring (bicyclic) bond motifs is 6. The topological polar surface area (TPSA) is 3.24 Å². The van der Waals surface area contributed by atoms with Crippen molar-refractivity contribution in [3.8, 4) is 22.3 Å². The number of rotatable bonds is 2. The minimum absolute atomic E-state index is 0.0246. The van der Waals surface area contributed by atoms with Crippen molar-refractivity contribution < 1.29 is 0 Å². The fraction of sp³-hybridized carbons (Fsp3) is 0.314. The first-order valence-corrected chi connectivity index (χ1v) is 13.5. The molecule has 7 rings (SSSR count). The first-order valence-electron chi connectivity index (χ1n) is 13.5. The molecule has 180 valence electrons. The monoisotopic (exact) mass is 469 g/mol. The van der Waals surface area contributed by atoms with Gasteiger partial charge in [0.25, 0.3) is 0 Å². The molecule has 1 nitrogen and oxygen atoms in total. The van der Waals surface area contributed by atoms with Gasteiger partial charge in [0.2, 0.25) is 0 Å². The molecule has 36 heavy (non-hydrogen) atoms. The Kier molecular flexibility index (Phi) is 4.34. The van der Waals surface area contributed by atoms with E-state index in [0.717, 1.165) is 0 Å². The summed E-state index contributed by atoms with van der Waals surface area (Å²) >= 11 is 0. The quantitative estimate of drug-likeness (QED) is 0.282. The van der Waals surface area contributed by atoms with Gasteiger partial charge in [-0.25, -0.2) is 0 Å². The molecule has 3 aliphatic rings. The van der Waals surface area contributed by atoms with E-state index >= 15 is 0 Å². The molecule has 0 spiro atoms. The van der Waals surface area contributed by atoms with Crippen LogP contribution in [0.15, 0.2) is 91.0 Å². The zero-order chi connectivity index (χ0) is 24.9. The third-order valence-electron chi connectivity index (χ3n) is 10.1. The Balaban J connectivity index is 1.37. The van der Waals surface area contributed by atoms with E-state index in [-0.39, 0.29) is 16.4 Å². The van der Waals surface area contributed by atoms with Gasteiger partial charge in [0.15, 0.2) is 0 Å². The molecule has 1 aliphatic heterocycles. The van der Waals surface area contributed by atoms with Crippen LogP contribution in [-0.2, 0) is 5.41 Å². The number of benzene rings is 4. The average Bonchev–Trinajstić information content (AvgIpc) is 3.39. The summed E-state index contributed by atoms with van der Waals surface area (Å²) in [7, 11) is 0. The predicted molar refractivity (Wildman–Crippen MR) is 152 cm³/mol. The summed E-state index contributed by atoms with van der Waals surface area (Å²) in [5.41, 5.74) is 12.9. The van der Waals surface area contributed by atoms with Gasteiger partial charge in [-0.2, -0.15) is 0 Å². The zero-order valence-corrected chi connectivity index (χ0v) is 22.1. The highest BCUT2D eigenvalue weighted by Gasteiger charge is 2.60. The lowest BCUT2D eigenvalue weighted by molar-refractivity contribution is 0.222. The van der Waals surface area contributed by atoms with E-state index in [4.69, 9.17) is 0 Å². The molecule has 1 heterocycles.